The summed E-state index contributed by atoms with van der Waals surface area (Å²) in [7, 11) is 0. The van der Waals surface area contributed by atoms with Crippen molar-refractivity contribution in [1.82, 2.24) is 5.32 Å². The number of rotatable bonds is 6. The van der Waals surface area contributed by atoms with E-state index in [1.165, 1.54) is 19.3 Å². The fourth-order valence-corrected chi connectivity index (χ4v) is 1.80. The lowest BCUT2D eigenvalue weighted by atomic mass is 10.2. The van der Waals surface area contributed by atoms with Crippen molar-refractivity contribution < 1.29 is 9.53 Å². The van der Waals surface area contributed by atoms with Crippen LogP contribution < -0.4 is 5.32 Å². The lowest BCUT2D eigenvalue weighted by molar-refractivity contribution is -0.145. The molecule has 0 aliphatic heterocycles. The van der Waals surface area contributed by atoms with Crippen LogP contribution in [0.25, 0.3) is 0 Å². The average molecular weight is 199 g/mol. The largest absolute Gasteiger partial charge is 0.465 e. The number of ether oxygens (including phenoxy) is 1. The van der Waals surface area contributed by atoms with Gasteiger partial charge in [0.1, 0.15) is 6.04 Å². The van der Waals surface area contributed by atoms with Crippen LogP contribution >= 0.6 is 0 Å². The highest BCUT2D eigenvalue weighted by atomic mass is 16.5. The second-order valence-electron chi connectivity index (χ2n) is 4.03. The number of hydrogen-bond donors (Lipinski definition) is 1. The summed E-state index contributed by atoms with van der Waals surface area (Å²) in [6, 6.07) is 0.399. The van der Waals surface area contributed by atoms with E-state index in [-0.39, 0.29) is 12.0 Å². The van der Waals surface area contributed by atoms with Crippen LogP contribution in [0.2, 0.25) is 0 Å². The highest BCUT2D eigenvalue weighted by Gasteiger charge is 2.37. The molecule has 0 bridgehead atoms. The highest BCUT2D eigenvalue weighted by Crippen LogP contribution is 2.34. The third-order valence-electron chi connectivity index (χ3n) is 2.69. The van der Waals surface area contributed by atoms with E-state index in [1.807, 2.05) is 13.8 Å². The van der Waals surface area contributed by atoms with Gasteiger partial charge >= 0.3 is 5.97 Å². The number of nitrogens with one attached hydrogen (secondary N) is 1. The standard InChI is InChI=1S/C11H21NO2/c1-4-6-9-7-10(9)12-8(3)11(13)14-5-2/h8-10,12H,4-7H2,1-3H3. The maximum absolute atomic E-state index is 11.3. The van der Waals surface area contributed by atoms with Crippen molar-refractivity contribution in [3.63, 3.8) is 0 Å². The van der Waals surface area contributed by atoms with E-state index >= 15 is 0 Å². The Morgan fingerprint density at radius 2 is 2.29 bits per heavy atom. The molecule has 0 aromatic carbocycles. The van der Waals surface area contributed by atoms with Crippen LogP contribution in [0.4, 0.5) is 0 Å². The topological polar surface area (TPSA) is 38.3 Å². The Morgan fingerprint density at radius 1 is 1.57 bits per heavy atom. The third kappa shape index (κ3) is 3.29. The fourth-order valence-electron chi connectivity index (χ4n) is 1.80. The van der Waals surface area contributed by atoms with Crippen molar-refractivity contribution in [3.8, 4) is 0 Å². The molecule has 1 fully saturated rings. The molecule has 1 saturated carbocycles. The van der Waals surface area contributed by atoms with Gasteiger partial charge in [-0.15, -0.1) is 0 Å². The van der Waals surface area contributed by atoms with Crippen LogP contribution in [0.5, 0.6) is 0 Å². The summed E-state index contributed by atoms with van der Waals surface area (Å²) in [6.07, 6.45) is 3.72. The van der Waals surface area contributed by atoms with Crippen LogP contribution in [0.1, 0.15) is 40.0 Å². The van der Waals surface area contributed by atoms with E-state index in [0.29, 0.717) is 12.6 Å². The molecule has 0 heterocycles. The Balaban J connectivity index is 2.16. The molecule has 1 aliphatic carbocycles. The van der Waals surface area contributed by atoms with Gasteiger partial charge in [-0.05, 0) is 32.6 Å². The van der Waals surface area contributed by atoms with Crippen molar-refractivity contribution in [3.05, 3.63) is 0 Å². The summed E-state index contributed by atoms with van der Waals surface area (Å²) in [5.41, 5.74) is 0. The molecule has 0 aromatic heterocycles. The summed E-state index contributed by atoms with van der Waals surface area (Å²) in [5, 5.41) is 3.30. The molecule has 0 spiro atoms. The van der Waals surface area contributed by atoms with Crippen molar-refractivity contribution in [2.24, 2.45) is 5.92 Å². The van der Waals surface area contributed by atoms with E-state index in [2.05, 4.69) is 12.2 Å². The van der Waals surface area contributed by atoms with Crippen molar-refractivity contribution >= 4 is 5.97 Å². The lowest BCUT2D eigenvalue weighted by Crippen LogP contribution is -2.37. The number of esters is 1. The Hall–Kier alpha value is -0.570. The maximum Gasteiger partial charge on any atom is 0.322 e. The molecular formula is C11H21NO2. The second-order valence-corrected chi connectivity index (χ2v) is 4.03. The SMILES string of the molecule is CCCC1CC1NC(C)C(=O)OCC. The van der Waals surface area contributed by atoms with Crippen molar-refractivity contribution in [2.45, 2.75) is 52.1 Å². The van der Waals surface area contributed by atoms with Gasteiger partial charge < -0.3 is 10.1 Å². The van der Waals surface area contributed by atoms with Gasteiger partial charge in [0.15, 0.2) is 0 Å². The van der Waals surface area contributed by atoms with Crippen LogP contribution in [0.15, 0.2) is 0 Å². The quantitative estimate of drug-likeness (QED) is 0.662. The van der Waals surface area contributed by atoms with Gasteiger partial charge in [0.2, 0.25) is 0 Å². The number of carbonyl (C=O) groups is 1. The molecule has 3 unspecified atom stereocenters. The minimum atomic E-state index is -0.151. The minimum absolute atomic E-state index is 0.130. The molecule has 3 heteroatoms. The predicted octanol–water partition coefficient (Wildman–Crippen LogP) is 1.72. The van der Waals surface area contributed by atoms with E-state index in [1.54, 1.807) is 0 Å². The summed E-state index contributed by atoms with van der Waals surface area (Å²) < 4.78 is 4.93. The monoisotopic (exact) mass is 199 g/mol. The minimum Gasteiger partial charge on any atom is -0.465 e. The van der Waals surface area contributed by atoms with Gasteiger partial charge in [-0.25, -0.2) is 0 Å². The Kier molecular flexibility index (Phi) is 4.39. The molecule has 14 heavy (non-hydrogen) atoms. The Morgan fingerprint density at radius 3 is 2.86 bits per heavy atom. The number of hydrogen-bond acceptors (Lipinski definition) is 3. The van der Waals surface area contributed by atoms with Crippen LogP contribution in [0.3, 0.4) is 0 Å². The summed E-state index contributed by atoms with van der Waals surface area (Å²) >= 11 is 0. The van der Waals surface area contributed by atoms with E-state index < -0.39 is 0 Å². The van der Waals surface area contributed by atoms with Gasteiger partial charge in [-0.3, -0.25) is 4.79 Å². The first-order valence-corrected chi connectivity index (χ1v) is 5.61. The zero-order valence-electron chi connectivity index (χ0n) is 9.38. The van der Waals surface area contributed by atoms with E-state index in [4.69, 9.17) is 4.74 Å². The van der Waals surface area contributed by atoms with Crippen molar-refractivity contribution in [2.75, 3.05) is 6.61 Å². The number of carbonyl (C=O) groups excluding carboxylic acids is 1. The highest BCUT2D eigenvalue weighted by molar-refractivity contribution is 5.75. The summed E-state index contributed by atoms with van der Waals surface area (Å²) in [6.45, 7) is 6.37. The fraction of sp³-hybridized carbons (Fsp3) is 0.909. The zero-order valence-corrected chi connectivity index (χ0v) is 9.38. The summed E-state index contributed by atoms with van der Waals surface area (Å²) in [5.74, 6) is 0.659. The van der Waals surface area contributed by atoms with Crippen LogP contribution in [0, 0.1) is 5.92 Å². The van der Waals surface area contributed by atoms with Gasteiger partial charge in [0.05, 0.1) is 6.61 Å². The normalized spacial score (nSPS) is 27.1. The van der Waals surface area contributed by atoms with Crippen LogP contribution in [-0.4, -0.2) is 24.7 Å². The molecule has 1 N–H and O–H groups in total. The third-order valence-corrected chi connectivity index (χ3v) is 2.69. The first kappa shape index (κ1) is 11.5. The van der Waals surface area contributed by atoms with Crippen molar-refractivity contribution in [1.29, 1.82) is 0 Å². The molecule has 0 amide bonds. The first-order valence-electron chi connectivity index (χ1n) is 5.61. The molecule has 0 saturated heterocycles. The smallest absolute Gasteiger partial charge is 0.322 e. The molecule has 0 radical (unpaired) electrons. The van der Waals surface area contributed by atoms with Crippen LogP contribution in [-0.2, 0) is 9.53 Å². The molecule has 3 atom stereocenters. The van der Waals surface area contributed by atoms with E-state index in [9.17, 15) is 4.79 Å². The van der Waals surface area contributed by atoms with Gasteiger partial charge in [0.25, 0.3) is 0 Å². The predicted molar refractivity (Wildman–Crippen MR) is 56.0 cm³/mol. The molecule has 0 aromatic rings. The van der Waals surface area contributed by atoms with E-state index in [0.717, 1.165) is 5.92 Å². The van der Waals surface area contributed by atoms with Gasteiger partial charge in [0, 0.05) is 6.04 Å². The zero-order chi connectivity index (χ0) is 10.6. The van der Waals surface area contributed by atoms with Gasteiger partial charge in [-0.1, -0.05) is 13.3 Å². The summed E-state index contributed by atoms with van der Waals surface area (Å²) in [4.78, 5) is 11.3. The second kappa shape index (κ2) is 5.35. The van der Waals surface area contributed by atoms with Gasteiger partial charge in [-0.2, -0.15) is 0 Å². The molecular weight excluding hydrogens is 178 g/mol. The molecule has 3 nitrogen and oxygen atoms in total. The maximum atomic E-state index is 11.3. The Bertz CT molecular complexity index is 194. The molecule has 1 rings (SSSR count). The lowest BCUT2D eigenvalue weighted by Gasteiger charge is -2.12. The first-order chi connectivity index (χ1) is 6.69. The Labute approximate surface area is 86.2 Å². The molecule has 82 valence electrons. The molecule has 1 aliphatic rings. The average Bonchev–Trinajstić information content (AvgIpc) is 2.84.